The third-order valence-electron chi connectivity index (χ3n) is 4.75. The first-order valence-corrected chi connectivity index (χ1v) is 11.7. The minimum atomic E-state index is -4.09. The Bertz CT molecular complexity index is 1310. The van der Waals surface area contributed by atoms with Crippen molar-refractivity contribution in [2.45, 2.75) is 15.5 Å². The first kappa shape index (κ1) is 22.3. The van der Waals surface area contributed by atoms with Gasteiger partial charge < -0.3 is 5.32 Å². The van der Waals surface area contributed by atoms with Crippen LogP contribution in [0.4, 0.5) is 27.6 Å². The van der Waals surface area contributed by atoms with Gasteiger partial charge in [-0.3, -0.25) is 0 Å². The lowest BCUT2D eigenvalue weighted by Crippen LogP contribution is -2.12. The van der Waals surface area contributed by atoms with Crippen LogP contribution in [-0.2, 0) is 15.6 Å². The Kier molecular flexibility index (Phi) is 6.00. The number of halogens is 5. The molecule has 0 aromatic heterocycles. The molecule has 0 spiro atoms. The van der Waals surface area contributed by atoms with Crippen LogP contribution in [-0.4, -0.2) is 15.0 Å². The smallest absolute Gasteiger partial charge is 0.182 e. The lowest BCUT2D eigenvalue weighted by molar-refractivity contribution is 0.540. The highest BCUT2D eigenvalue weighted by atomic mass is 32.2. The summed E-state index contributed by atoms with van der Waals surface area (Å²) in [6, 6.07) is 8.37. The molecule has 1 aliphatic heterocycles. The number of rotatable bonds is 4. The highest BCUT2D eigenvalue weighted by Gasteiger charge is 2.23. The van der Waals surface area contributed by atoms with Gasteiger partial charge in [-0.05, 0) is 36.4 Å². The molecule has 0 radical (unpaired) electrons. The van der Waals surface area contributed by atoms with Crippen LogP contribution in [0.5, 0.6) is 0 Å². The molecule has 10 heteroatoms. The zero-order valence-electron chi connectivity index (χ0n) is 16.1. The first-order valence-electron chi connectivity index (χ1n) is 9.20. The van der Waals surface area contributed by atoms with Gasteiger partial charge in [0.1, 0.15) is 29.1 Å². The van der Waals surface area contributed by atoms with Crippen molar-refractivity contribution < 1.29 is 30.4 Å². The van der Waals surface area contributed by atoms with Crippen LogP contribution in [0.2, 0.25) is 0 Å². The molecule has 0 fully saturated rings. The van der Waals surface area contributed by atoms with Crippen LogP contribution in [0.1, 0.15) is 11.1 Å². The monoisotopic (exact) mass is 483 g/mol. The summed E-state index contributed by atoms with van der Waals surface area (Å²) in [5.41, 5.74) is -0.389. The zero-order valence-corrected chi connectivity index (χ0v) is 17.8. The maximum Gasteiger partial charge on any atom is 0.182 e. The Balaban J connectivity index is 1.65. The van der Waals surface area contributed by atoms with Gasteiger partial charge in [0.25, 0.3) is 0 Å². The molecule has 3 aromatic carbocycles. The number of nitrogens with one attached hydrogen (secondary N) is 1. The van der Waals surface area contributed by atoms with Gasteiger partial charge in [-0.2, -0.15) is 0 Å². The van der Waals surface area contributed by atoms with Crippen LogP contribution in [0.3, 0.4) is 0 Å². The summed E-state index contributed by atoms with van der Waals surface area (Å²) in [6.45, 7) is 0.209. The highest BCUT2D eigenvalue weighted by molar-refractivity contribution is 8.03. The van der Waals surface area contributed by atoms with Crippen molar-refractivity contribution in [3.8, 4) is 0 Å². The lowest BCUT2D eigenvalue weighted by atomic mass is 10.1. The minimum Gasteiger partial charge on any atom is -0.380 e. The van der Waals surface area contributed by atoms with Crippen molar-refractivity contribution in [3.05, 3.63) is 93.6 Å². The molecule has 0 saturated heterocycles. The van der Waals surface area contributed by atoms with E-state index >= 15 is 0 Å². The molecule has 0 atom stereocenters. The average molecular weight is 483 g/mol. The minimum absolute atomic E-state index is 0.159. The van der Waals surface area contributed by atoms with Gasteiger partial charge in [0.05, 0.1) is 10.6 Å². The van der Waals surface area contributed by atoms with Crippen molar-refractivity contribution >= 4 is 33.4 Å². The highest BCUT2D eigenvalue weighted by Crippen LogP contribution is 2.40. The zero-order chi connectivity index (χ0) is 23.0. The molecule has 0 unspecified atom stereocenters. The molecular weight excluding hydrogens is 469 g/mol. The Morgan fingerprint density at radius 3 is 2.22 bits per heavy atom. The molecule has 0 saturated carbocycles. The van der Waals surface area contributed by atoms with Crippen molar-refractivity contribution in [3.63, 3.8) is 0 Å². The number of sulfone groups is 1. The van der Waals surface area contributed by atoms with E-state index in [-0.39, 0.29) is 11.4 Å². The van der Waals surface area contributed by atoms with E-state index in [4.69, 9.17) is 0 Å². The molecule has 3 nitrogen and oxygen atoms in total. The SMILES string of the molecule is O=S(=O)(Cc1c(F)cccc1F)c1ccc2c(c1)SC(=Cc1c(F)cc(F)cc1F)CN2. The van der Waals surface area contributed by atoms with E-state index in [0.717, 1.165) is 30.0 Å². The Morgan fingerprint density at radius 1 is 0.906 bits per heavy atom. The molecule has 3 aromatic rings. The number of benzene rings is 3. The predicted molar refractivity (Wildman–Crippen MR) is 112 cm³/mol. The molecule has 0 amide bonds. The lowest BCUT2D eigenvalue weighted by Gasteiger charge is -2.21. The van der Waals surface area contributed by atoms with Crippen molar-refractivity contribution in [1.82, 2.24) is 0 Å². The van der Waals surface area contributed by atoms with Crippen molar-refractivity contribution in [2.24, 2.45) is 0 Å². The summed E-state index contributed by atoms with van der Waals surface area (Å²) in [5, 5.41) is 3.01. The standard InChI is InChI=1S/C22H14F5NO2S2/c23-12-6-19(26)15(20(27)7-12)8-13-10-28-21-5-4-14(9-22(21)31-13)32(29,30)11-16-17(24)2-1-3-18(16)25/h1-9,28H,10-11H2. The van der Waals surface area contributed by atoms with Crippen molar-refractivity contribution in [2.75, 3.05) is 11.9 Å². The van der Waals surface area contributed by atoms with Gasteiger partial charge in [-0.1, -0.05) is 17.8 Å². The largest absolute Gasteiger partial charge is 0.380 e. The van der Waals surface area contributed by atoms with Crippen LogP contribution in [0.15, 0.2) is 63.2 Å². The van der Waals surface area contributed by atoms with Crippen LogP contribution >= 0.6 is 11.8 Å². The number of hydrogen-bond acceptors (Lipinski definition) is 4. The van der Waals surface area contributed by atoms with Gasteiger partial charge in [-0.25, -0.2) is 30.4 Å². The van der Waals surface area contributed by atoms with Crippen LogP contribution in [0.25, 0.3) is 6.08 Å². The number of fused-ring (bicyclic) bond motifs is 1. The third-order valence-corrected chi connectivity index (χ3v) is 7.47. The Morgan fingerprint density at radius 2 is 1.56 bits per heavy atom. The van der Waals surface area contributed by atoms with E-state index in [1.807, 2.05) is 0 Å². The summed E-state index contributed by atoms with van der Waals surface area (Å²) >= 11 is 1.08. The Labute approximate surface area is 184 Å². The summed E-state index contributed by atoms with van der Waals surface area (Å²) in [7, 11) is -4.09. The number of anilines is 1. The molecular formula is C22H14F5NO2S2. The molecule has 0 aliphatic carbocycles. The summed E-state index contributed by atoms with van der Waals surface area (Å²) in [4.78, 5) is 0.741. The molecule has 1 N–H and O–H groups in total. The fourth-order valence-electron chi connectivity index (χ4n) is 3.16. The molecule has 4 rings (SSSR count). The second-order valence-electron chi connectivity index (χ2n) is 6.97. The number of hydrogen-bond donors (Lipinski definition) is 1. The van der Waals surface area contributed by atoms with E-state index in [1.54, 1.807) is 0 Å². The third kappa shape index (κ3) is 4.51. The van der Waals surface area contributed by atoms with E-state index < -0.39 is 55.8 Å². The first-order chi connectivity index (χ1) is 15.1. The van der Waals surface area contributed by atoms with Gasteiger partial charge in [0, 0.05) is 45.3 Å². The topological polar surface area (TPSA) is 46.2 Å². The van der Waals surface area contributed by atoms with Crippen LogP contribution in [0, 0.1) is 29.1 Å². The van der Waals surface area contributed by atoms with Gasteiger partial charge >= 0.3 is 0 Å². The maximum atomic E-state index is 14.0. The average Bonchev–Trinajstić information content (AvgIpc) is 2.73. The molecule has 32 heavy (non-hydrogen) atoms. The number of thioether (sulfide) groups is 1. The van der Waals surface area contributed by atoms with Gasteiger partial charge in [0.15, 0.2) is 9.84 Å². The fourth-order valence-corrected chi connectivity index (χ4v) is 5.67. The van der Waals surface area contributed by atoms with Gasteiger partial charge in [-0.15, -0.1) is 0 Å². The second-order valence-corrected chi connectivity index (χ2v) is 10.1. The molecule has 1 aliphatic rings. The van der Waals surface area contributed by atoms with Crippen molar-refractivity contribution in [1.29, 1.82) is 0 Å². The normalized spacial score (nSPS) is 14.8. The second kappa shape index (κ2) is 8.59. The van der Waals surface area contributed by atoms with Gasteiger partial charge in [0.2, 0.25) is 0 Å². The van der Waals surface area contributed by atoms with E-state index in [9.17, 15) is 30.4 Å². The van der Waals surface area contributed by atoms with E-state index in [2.05, 4.69) is 5.32 Å². The molecule has 1 heterocycles. The molecule has 0 bridgehead atoms. The van der Waals surface area contributed by atoms with E-state index in [1.165, 1.54) is 24.3 Å². The Hall–Kier alpha value is -2.85. The summed E-state index contributed by atoms with van der Waals surface area (Å²) in [5.74, 6) is -5.96. The fraction of sp³-hybridized carbons (Fsp3) is 0.0909. The maximum absolute atomic E-state index is 14.0. The van der Waals surface area contributed by atoms with E-state index in [0.29, 0.717) is 27.6 Å². The molecule has 166 valence electrons. The summed E-state index contributed by atoms with van der Waals surface area (Å²) in [6.07, 6.45) is 1.21. The summed E-state index contributed by atoms with van der Waals surface area (Å²) < 4.78 is 94.4. The predicted octanol–water partition coefficient (Wildman–Crippen LogP) is 5.91. The quantitative estimate of drug-likeness (QED) is 0.469. The van der Waals surface area contributed by atoms with Crippen LogP contribution < -0.4 is 5.32 Å².